The minimum Gasteiger partial charge on any atom is -0.356 e. The Labute approximate surface area is 239 Å². The first-order valence-corrected chi connectivity index (χ1v) is 14.0. The van der Waals surface area contributed by atoms with Crippen LogP contribution >= 0.6 is 0 Å². The summed E-state index contributed by atoms with van der Waals surface area (Å²) < 4.78 is 0. The van der Waals surface area contributed by atoms with Crippen molar-refractivity contribution in [2.45, 2.75) is 58.2 Å². The first-order valence-electron chi connectivity index (χ1n) is 14.0. The molecule has 4 amide bonds. The number of Topliss-reactive ketones (excluding diaryl/α,β-unsaturated/α-hetero) is 1. The average molecular weight is 560 g/mol. The molecular weight excluding hydrogens is 522 g/mol. The van der Waals surface area contributed by atoms with Crippen LogP contribution in [0.3, 0.4) is 0 Å². The van der Waals surface area contributed by atoms with Crippen LogP contribution < -0.4 is 21.3 Å². The number of benzene rings is 2. The number of carbonyl (C=O) groups excluding carboxylic acids is 5. The van der Waals surface area contributed by atoms with E-state index in [9.17, 15) is 24.0 Å². The predicted octanol–water partition coefficient (Wildman–Crippen LogP) is 2.60. The Kier molecular flexibility index (Phi) is 9.89. The van der Waals surface area contributed by atoms with Crippen LogP contribution in [0.1, 0.15) is 55.6 Å². The van der Waals surface area contributed by atoms with E-state index in [2.05, 4.69) is 26.3 Å². The van der Waals surface area contributed by atoms with Crippen LogP contribution in [0.4, 0.5) is 0 Å². The van der Waals surface area contributed by atoms with Gasteiger partial charge < -0.3 is 26.3 Å². The molecule has 1 aliphatic rings. The summed E-state index contributed by atoms with van der Waals surface area (Å²) >= 11 is 0. The molecule has 5 N–H and O–H groups in total. The van der Waals surface area contributed by atoms with Crippen LogP contribution in [0, 0.1) is 11.8 Å². The summed E-state index contributed by atoms with van der Waals surface area (Å²) in [6, 6.07) is 16.1. The second-order valence-corrected chi connectivity index (χ2v) is 10.9. The third-order valence-corrected chi connectivity index (χ3v) is 7.18. The highest BCUT2D eigenvalue weighted by atomic mass is 16.2. The third-order valence-electron chi connectivity index (χ3n) is 7.18. The molecule has 4 rings (SSSR count). The van der Waals surface area contributed by atoms with E-state index in [-0.39, 0.29) is 24.8 Å². The van der Waals surface area contributed by atoms with E-state index in [1.54, 1.807) is 6.07 Å². The maximum Gasteiger partial charge on any atom is 0.289 e. The molecule has 10 heteroatoms. The van der Waals surface area contributed by atoms with Crippen molar-refractivity contribution < 1.29 is 24.0 Å². The van der Waals surface area contributed by atoms with E-state index in [0.29, 0.717) is 25.1 Å². The molecule has 1 fully saturated rings. The molecule has 2 heterocycles. The fraction of sp³-hybridized carbons (Fsp3) is 0.387. The molecule has 216 valence electrons. The number of carbonyl (C=O) groups is 5. The monoisotopic (exact) mass is 559 g/mol. The Balaban J connectivity index is 1.49. The Morgan fingerprint density at radius 2 is 1.68 bits per heavy atom. The van der Waals surface area contributed by atoms with Gasteiger partial charge in [-0.2, -0.15) is 0 Å². The summed E-state index contributed by atoms with van der Waals surface area (Å²) in [5, 5.41) is 11.7. The molecule has 1 saturated heterocycles. The Hall–Kier alpha value is -4.47. The van der Waals surface area contributed by atoms with Crippen LogP contribution in [0.5, 0.6) is 0 Å². The molecule has 3 atom stereocenters. The van der Waals surface area contributed by atoms with Gasteiger partial charge in [0.1, 0.15) is 11.7 Å². The molecule has 1 aliphatic heterocycles. The number of para-hydroxylation sites is 1. The zero-order chi connectivity index (χ0) is 29.4. The number of fused-ring (bicyclic) bond motifs is 1. The number of rotatable bonds is 12. The molecule has 3 aromatic rings. The lowest BCUT2D eigenvalue weighted by atomic mass is 9.89. The van der Waals surface area contributed by atoms with Gasteiger partial charge in [0, 0.05) is 29.9 Å². The second kappa shape index (κ2) is 13.7. The van der Waals surface area contributed by atoms with Crippen molar-refractivity contribution in [3.8, 4) is 0 Å². The summed E-state index contributed by atoms with van der Waals surface area (Å²) in [6.07, 6.45) is 1.58. The number of hydrogen-bond acceptors (Lipinski definition) is 5. The Bertz CT molecular complexity index is 1370. The quantitative estimate of drug-likeness (QED) is 0.216. The zero-order valence-corrected chi connectivity index (χ0v) is 23.4. The average Bonchev–Trinajstić information content (AvgIpc) is 3.41. The van der Waals surface area contributed by atoms with Gasteiger partial charge in [-0.05, 0) is 49.3 Å². The number of aromatic nitrogens is 1. The van der Waals surface area contributed by atoms with Gasteiger partial charge in [-0.3, -0.25) is 24.0 Å². The summed E-state index contributed by atoms with van der Waals surface area (Å²) in [7, 11) is 0. The van der Waals surface area contributed by atoms with Gasteiger partial charge in [-0.1, -0.05) is 62.4 Å². The largest absolute Gasteiger partial charge is 0.356 e. The van der Waals surface area contributed by atoms with Crippen LogP contribution in [-0.2, 0) is 25.7 Å². The van der Waals surface area contributed by atoms with Crippen LogP contribution in [0.25, 0.3) is 10.9 Å². The van der Waals surface area contributed by atoms with Gasteiger partial charge in [-0.15, -0.1) is 0 Å². The number of aromatic amines is 1. The first-order chi connectivity index (χ1) is 19.7. The summed E-state index contributed by atoms with van der Waals surface area (Å²) in [6.45, 7) is 4.53. The molecule has 0 aliphatic carbocycles. The molecule has 0 radical (unpaired) electrons. The molecule has 0 bridgehead atoms. The number of nitrogens with one attached hydrogen (secondary N) is 5. The Morgan fingerprint density at radius 3 is 2.39 bits per heavy atom. The van der Waals surface area contributed by atoms with E-state index in [1.165, 1.54) is 0 Å². The van der Waals surface area contributed by atoms with E-state index in [1.807, 2.05) is 68.4 Å². The van der Waals surface area contributed by atoms with E-state index in [0.717, 1.165) is 22.9 Å². The normalized spacial score (nSPS) is 16.5. The maximum absolute atomic E-state index is 13.5. The number of ketones is 1. The third kappa shape index (κ3) is 8.03. The SMILES string of the molecule is CC(C)C[C@H](NC(=O)c1cc2ccccc2[nH]1)C(=O)NC(C[C@@H]1CCCNC1=O)C(=O)C(=O)NCc1ccccc1. The highest BCUT2D eigenvalue weighted by Gasteiger charge is 2.35. The number of piperidine rings is 1. The number of amides is 4. The first kappa shape index (κ1) is 29.5. The van der Waals surface area contributed by atoms with Crippen molar-refractivity contribution in [3.63, 3.8) is 0 Å². The van der Waals surface area contributed by atoms with Crippen molar-refractivity contribution in [2.24, 2.45) is 11.8 Å². The van der Waals surface area contributed by atoms with Gasteiger partial charge in [0.05, 0.1) is 6.04 Å². The topological polar surface area (TPSA) is 149 Å². The van der Waals surface area contributed by atoms with Crippen molar-refractivity contribution in [2.75, 3.05) is 6.54 Å². The van der Waals surface area contributed by atoms with E-state index >= 15 is 0 Å². The molecule has 10 nitrogen and oxygen atoms in total. The van der Waals surface area contributed by atoms with Gasteiger partial charge in [0.2, 0.25) is 17.6 Å². The predicted molar refractivity (Wildman–Crippen MR) is 155 cm³/mol. The summed E-state index contributed by atoms with van der Waals surface area (Å²) in [5.74, 6) is -3.43. The van der Waals surface area contributed by atoms with E-state index in [4.69, 9.17) is 0 Å². The fourth-order valence-electron chi connectivity index (χ4n) is 5.01. The van der Waals surface area contributed by atoms with E-state index < -0.39 is 41.5 Å². The minimum atomic E-state index is -1.23. The standard InChI is InChI=1S/C31H37N5O5/c1-19(2)15-25(36-30(40)26-16-21-11-6-7-13-23(21)34-26)29(39)35-24(17-22-12-8-14-32-28(22)38)27(37)31(41)33-18-20-9-4-3-5-10-20/h3-7,9-11,13,16,19,22,24-25,34H,8,12,14-15,17-18H2,1-2H3,(H,32,38)(H,33,41)(H,35,39)(H,36,40)/t22-,24?,25-/m0/s1. The highest BCUT2D eigenvalue weighted by molar-refractivity contribution is 6.38. The lowest BCUT2D eigenvalue weighted by molar-refractivity contribution is -0.141. The van der Waals surface area contributed by atoms with Crippen LogP contribution in [0.15, 0.2) is 60.7 Å². The van der Waals surface area contributed by atoms with Crippen molar-refractivity contribution >= 4 is 40.3 Å². The number of H-pyrrole nitrogens is 1. The smallest absolute Gasteiger partial charge is 0.289 e. The lowest BCUT2D eigenvalue weighted by Crippen LogP contribution is -2.55. The molecule has 0 spiro atoms. The van der Waals surface area contributed by atoms with Gasteiger partial charge >= 0.3 is 0 Å². The lowest BCUT2D eigenvalue weighted by Gasteiger charge is -2.28. The summed E-state index contributed by atoms with van der Waals surface area (Å²) in [5.41, 5.74) is 1.91. The van der Waals surface area contributed by atoms with Gasteiger partial charge in [0.25, 0.3) is 11.8 Å². The zero-order valence-electron chi connectivity index (χ0n) is 23.4. The van der Waals surface area contributed by atoms with Crippen molar-refractivity contribution in [1.82, 2.24) is 26.3 Å². The van der Waals surface area contributed by atoms with Crippen molar-refractivity contribution in [1.29, 1.82) is 0 Å². The van der Waals surface area contributed by atoms with Crippen LogP contribution in [-0.4, -0.2) is 53.0 Å². The molecule has 0 saturated carbocycles. The van der Waals surface area contributed by atoms with Crippen molar-refractivity contribution in [3.05, 3.63) is 71.9 Å². The Morgan fingerprint density at radius 1 is 0.951 bits per heavy atom. The fourth-order valence-corrected chi connectivity index (χ4v) is 5.01. The van der Waals surface area contributed by atoms with Gasteiger partial charge in [-0.25, -0.2) is 0 Å². The molecule has 1 aromatic heterocycles. The summed E-state index contributed by atoms with van der Waals surface area (Å²) in [4.78, 5) is 68.4. The number of hydrogen-bond donors (Lipinski definition) is 5. The highest BCUT2D eigenvalue weighted by Crippen LogP contribution is 2.19. The molecule has 41 heavy (non-hydrogen) atoms. The van der Waals surface area contributed by atoms with Crippen LogP contribution in [0.2, 0.25) is 0 Å². The molecule has 1 unspecified atom stereocenters. The molecule has 2 aromatic carbocycles. The minimum absolute atomic E-state index is 0.0144. The molecular formula is C31H37N5O5. The maximum atomic E-state index is 13.5. The second-order valence-electron chi connectivity index (χ2n) is 10.9. The van der Waals surface area contributed by atoms with Gasteiger partial charge in [0.15, 0.2) is 0 Å².